The summed E-state index contributed by atoms with van der Waals surface area (Å²) in [6.45, 7) is 0.521. The Kier molecular flexibility index (Phi) is 4.90. The summed E-state index contributed by atoms with van der Waals surface area (Å²) in [4.78, 5) is 11.5. The van der Waals surface area contributed by atoms with E-state index >= 15 is 0 Å². The van der Waals surface area contributed by atoms with Crippen molar-refractivity contribution in [2.45, 2.75) is 18.9 Å². The van der Waals surface area contributed by atoms with Gasteiger partial charge in [0, 0.05) is 18.7 Å². The van der Waals surface area contributed by atoms with Gasteiger partial charge in [0.2, 0.25) is 0 Å². The van der Waals surface area contributed by atoms with E-state index in [9.17, 15) is 9.90 Å². The lowest BCUT2D eigenvalue weighted by atomic mass is 9.88. The molecule has 1 aliphatic heterocycles. The van der Waals surface area contributed by atoms with Gasteiger partial charge in [-0.25, -0.2) is 0 Å². The number of carboxylic acids is 1. The maximum absolute atomic E-state index is 11.5. The summed E-state index contributed by atoms with van der Waals surface area (Å²) < 4.78 is 21.7. The van der Waals surface area contributed by atoms with E-state index in [-0.39, 0.29) is 0 Å². The molecule has 1 heterocycles. The summed E-state index contributed by atoms with van der Waals surface area (Å²) >= 11 is 0. The zero-order valence-corrected chi connectivity index (χ0v) is 12.4. The number of ether oxygens (including phenoxy) is 4. The highest BCUT2D eigenvalue weighted by Gasteiger charge is 2.37. The molecule has 1 fully saturated rings. The van der Waals surface area contributed by atoms with Crippen LogP contribution in [0, 0.1) is 5.92 Å². The Morgan fingerprint density at radius 2 is 1.81 bits per heavy atom. The number of aliphatic carboxylic acids is 1. The number of methoxy groups -OCH3 is 3. The SMILES string of the molecule is COc1cc(OC)c(C2OCCCC2C(=O)O)c(OC)c1. The quantitative estimate of drug-likeness (QED) is 0.898. The molecule has 2 atom stereocenters. The molecule has 2 rings (SSSR count). The molecule has 0 saturated carbocycles. The van der Waals surface area contributed by atoms with Crippen LogP contribution in [0.5, 0.6) is 17.2 Å². The van der Waals surface area contributed by atoms with Gasteiger partial charge in [-0.3, -0.25) is 4.79 Å². The standard InChI is InChI=1S/C15H20O6/c1-18-9-7-11(19-2)13(12(8-9)20-3)14-10(15(16)17)5-4-6-21-14/h7-8,10,14H,4-6H2,1-3H3,(H,16,17). The molecule has 1 N–H and O–H groups in total. The Morgan fingerprint density at radius 1 is 1.19 bits per heavy atom. The van der Waals surface area contributed by atoms with Crippen LogP contribution >= 0.6 is 0 Å². The van der Waals surface area contributed by atoms with Crippen LogP contribution in [0.2, 0.25) is 0 Å². The molecule has 1 aromatic carbocycles. The fourth-order valence-electron chi connectivity index (χ4n) is 2.63. The number of hydrogen-bond acceptors (Lipinski definition) is 5. The Balaban J connectivity index is 2.51. The van der Waals surface area contributed by atoms with Crippen molar-refractivity contribution in [2.24, 2.45) is 5.92 Å². The third-order valence-corrected chi connectivity index (χ3v) is 3.68. The molecule has 116 valence electrons. The molecule has 0 bridgehead atoms. The maximum Gasteiger partial charge on any atom is 0.309 e. The molecule has 0 spiro atoms. The largest absolute Gasteiger partial charge is 0.496 e. The van der Waals surface area contributed by atoms with Gasteiger partial charge < -0.3 is 24.1 Å². The van der Waals surface area contributed by atoms with Crippen LogP contribution in [0.4, 0.5) is 0 Å². The molecule has 1 saturated heterocycles. The maximum atomic E-state index is 11.5. The van der Waals surface area contributed by atoms with E-state index in [0.717, 1.165) is 6.42 Å². The van der Waals surface area contributed by atoms with E-state index in [2.05, 4.69) is 0 Å². The van der Waals surface area contributed by atoms with Crippen LogP contribution in [0.3, 0.4) is 0 Å². The van der Waals surface area contributed by atoms with Gasteiger partial charge in [-0.05, 0) is 12.8 Å². The van der Waals surface area contributed by atoms with Gasteiger partial charge in [0.25, 0.3) is 0 Å². The van der Waals surface area contributed by atoms with Gasteiger partial charge in [0.05, 0.1) is 32.8 Å². The van der Waals surface area contributed by atoms with Crippen molar-refractivity contribution in [1.29, 1.82) is 0 Å². The van der Waals surface area contributed by atoms with Crippen LogP contribution in [-0.4, -0.2) is 39.0 Å². The van der Waals surface area contributed by atoms with E-state index in [1.165, 1.54) is 14.2 Å². The molecule has 21 heavy (non-hydrogen) atoms. The normalized spacial score (nSPS) is 21.7. The molecule has 1 aromatic rings. The predicted molar refractivity (Wildman–Crippen MR) is 75.2 cm³/mol. The van der Waals surface area contributed by atoms with Gasteiger partial charge in [-0.15, -0.1) is 0 Å². The second kappa shape index (κ2) is 6.67. The number of carbonyl (C=O) groups is 1. The number of benzene rings is 1. The zero-order valence-electron chi connectivity index (χ0n) is 12.4. The van der Waals surface area contributed by atoms with Crippen LogP contribution in [0.15, 0.2) is 12.1 Å². The lowest BCUT2D eigenvalue weighted by molar-refractivity contribution is -0.152. The average Bonchev–Trinajstić information content (AvgIpc) is 2.53. The molecule has 0 radical (unpaired) electrons. The molecule has 0 aromatic heterocycles. The van der Waals surface area contributed by atoms with Gasteiger partial charge in [-0.1, -0.05) is 0 Å². The first-order valence-corrected chi connectivity index (χ1v) is 6.76. The highest BCUT2D eigenvalue weighted by atomic mass is 16.5. The monoisotopic (exact) mass is 296 g/mol. The number of hydrogen-bond donors (Lipinski definition) is 1. The first kappa shape index (κ1) is 15.4. The lowest BCUT2D eigenvalue weighted by Crippen LogP contribution is -2.29. The zero-order chi connectivity index (χ0) is 15.4. The van der Waals surface area contributed by atoms with E-state index in [1.54, 1.807) is 19.2 Å². The summed E-state index contributed by atoms with van der Waals surface area (Å²) in [5, 5.41) is 9.41. The molecule has 1 aliphatic rings. The second-order valence-electron chi connectivity index (χ2n) is 4.82. The Labute approximate surface area is 123 Å². The van der Waals surface area contributed by atoms with E-state index in [0.29, 0.717) is 35.8 Å². The molecule has 6 nitrogen and oxygen atoms in total. The minimum atomic E-state index is -0.875. The van der Waals surface area contributed by atoms with E-state index < -0.39 is 18.0 Å². The van der Waals surface area contributed by atoms with Gasteiger partial charge in [-0.2, -0.15) is 0 Å². The predicted octanol–water partition coefficient (Wildman–Crippen LogP) is 2.26. The van der Waals surface area contributed by atoms with Crippen molar-refractivity contribution in [3.8, 4) is 17.2 Å². The number of rotatable bonds is 5. The van der Waals surface area contributed by atoms with Crippen molar-refractivity contribution in [1.82, 2.24) is 0 Å². The first-order chi connectivity index (χ1) is 10.1. The van der Waals surface area contributed by atoms with Crippen molar-refractivity contribution in [3.05, 3.63) is 17.7 Å². The fourth-order valence-corrected chi connectivity index (χ4v) is 2.63. The summed E-state index contributed by atoms with van der Waals surface area (Å²) in [6, 6.07) is 3.41. The summed E-state index contributed by atoms with van der Waals surface area (Å²) in [7, 11) is 4.59. The Morgan fingerprint density at radius 3 is 2.29 bits per heavy atom. The minimum Gasteiger partial charge on any atom is -0.496 e. The summed E-state index contributed by atoms with van der Waals surface area (Å²) in [5.41, 5.74) is 0.618. The number of carboxylic acid groups (broad SMARTS) is 1. The highest BCUT2D eigenvalue weighted by molar-refractivity contribution is 5.72. The molecule has 2 unspecified atom stereocenters. The Hall–Kier alpha value is -1.95. The van der Waals surface area contributed by atoms with Gasteiger partial charge in [0.1, 0.15) is 23.4 Å². The Bertz CT molecular complexity index is 488. The third-order valence-electron chi connectivity index (χ3n) is 3.68. The van der Waals surface area contributed by atoms with E-state index in [4.69, 9.17) is 18.9 Å². The van der Waals surface area contributed by atoms with Crippen molar-refractivity contribution in [3.63, 3.8) is 0 Å². The minimum absolute atomic E-state index is 0.504. The van der Waals surface area contributed by atoms with Gasteiger partial charge >= 0.3 is 5.97 Å². The van der Waals surface area contributed by atoms with Crippen LogP contribution in [-0.2, 0) is 9.53 Å². The van der Waals surface area contributed by atoms with Crippen molar-refractivity contribution >= 4 is 5.97 Å². The molecular formula is C15H20O6. The van der Waals surface area contributed by atoms with Crippen LogP contribution < -0.4 is 14.2 Å². The van der Waals surface area contributed by atoms with Crippen LogP contribution in [0.1, 0.15) is 24.5 Å². The van der Waals surface area contributed by atoms with E-state index in [1.807, 2.05) is 0 Å². The molecule has 6 heteroatoms. The summed E-state index contributed by atoms with van der Waals surface area (Å²) in [5.74, 6) is 0.0957. The lowest BCUT2D eigenvalue weighted by Gasteiger charge is -2.31. The molecule has 0 aliphatic carbocycles. The fraction of sp³-hybridized carbons (Fsp3) is 0.533. The molecule has 0 amide bonds. The first-order valence-electron chi connectivity index (χ1n) is 6.76. The van der Waals surface area contributed by atoms with Gasteiger partial charge in [0.15, 0.2) is 0 Å². The van der Waals surface area contributed by atoms with Crippen molar-refractivity contribution < 1.29 is 28.8 Å². The highest BCUT2D eigenvalue weighted by Crippen LogP contribution is 2.45. The second-order valence-corrected chi connectivity index (χ2v) is 4.82. The topological polar surface area (TPSA) is 74.2 Å². The third kappa shape index (κ3) is 3.05. The summed E-state index contributed by atoms with van der Waals surface area (Å²) in [6.07, 6.45) is 0.708. The van der Waals surface area contributed by atoms with Crippen molar-refractivity contribution in [2.75, 3.05) is 27.9 Å². The average molecular weight is 296 g/mol. The molecular weight excluding hydrogens is 276 g/mol. The smallest absolute Gasteiger partial charge is 0.309 e. The van der Waals surface area contributed by atoms with Crippen LogP contribution in [0.25, 0.3) is 0 Å².